The van der Waals surface area contributed by atoms with Crippen molar-refractivity contribution in [1.29, 1.82) is 0 Å². The topological polar surface area (TPSA) is 61.2 Å². The third-order valence-corrected chi connectivity index (χ3v) is 8.21. The van der Waals surface area contributed by atoms with Gasteiger partial charge in [-0.2, -0.15) is 0 Å². The average molecular weight is 391 g/mol. The Bertz CT molecular complexity index is 927. The van der Waals surface area contributed by atoms with Crippen LogP contribution in [0.25, 0.3) is 10.2 Å². The van der Waals surface area contributed by atoms with Crippen molar-refractivity contribution in [3.8, 4) is 0 Å². The van der Waals surface area contributed by atoms with E-state index >= 15 is 0 Å². The van der Waals surface area contributed by atoms with Crippen molar-refractivity contribution in [3.05, 3.63) is 20.8 Å². The summed E-state index contributed by atoms with van der Waals surface area (Å²) in [5.74, 6) is -0.173. The summed E-state index contributed by atoms with van der Waals surface area (Å²) < 4.78 is 7.04. The molecule has 1 aliphatic heterocycles. The molecular formula is C19H22N2O3S2. The molecule has 5 nitrogen and oxygen atoms in total. The van der Waals surface area contributed by atoms with E-state index in [4.69, 9.17) is 9.72 Å². The molecule has 5 rings (SSSR count). The van der Waals surface area contributed by atoms with Crippen LogP contribution in [0.2, 0.25) is 0 Å². The van der Waals surface area contributed by atoms with Gasteiger partial charge in [0.1, 0.15) is 10.1 Å². The lowest BCUT2D eigenvalue weighted by atomic mass is 9.97. The number of thioether (sulfide) groups is 1. The van der Waals surface area contributed by atoms with Gasteiger partial charge in [0.25, 0.3) is 5.56 Å². The molecule has 1 saturated heterocycles. The molecule has 0 N–H and O–H groups in total. The van der Waals surface area contributed by atoms with Gasteiger partial charge < -0.3 is 4.74 Å². The van der Waals surface area contributed by atoms with Crippen LogP contribution in [-0.2, 0) is 22.4 Å². The molecule has 2 aromatic rings. The van der Waals surface area contributed by atoms with Gasteiger partial charge in [0.2, 0.25) is 0 Å². The molecule has 0 amide bonds. The molecule has 2 fully saturated rings. The predicted molar refractivity (Wildman–Crippen MR) is 103 cm³/mol. The van der Waals surface area contributed by atoms with Crippen molar-refractivity contribution in [2.75, 3.05) is 6.61 Å². The molecule has 0 spiro atoms. The molecule has 0 aromatic carbocycles. The Balaban J connectivity index is 1.67. The highest BCUT2D eigenvalue weighted by molar-refractivity contribution is 8.00. The molecule has 1 atom stereocenters. The number of carbonyl (C=O) groups excluding carboxylic acids is 1. The minimum atomic E-state index is -0.235. The van der Waals surface area contributed by atoms with Gasteiger partial charge >= 0.3 is 5.97 Å². The fourth-order valence-corrected chi connectivity index (χ4v) is 6.91. The fourth-order valence-electron chi connectivity index (χ4n) is 4.48. The largest absolute Gasteiger partial charge is 0.465 e. The Morgan fingerprint density at radius 1 is 1.08 bits per heavy atom. The number of aromatic nitrogens is 2. The molecule has 0 unspecified atom stereocenters. The summed E-state index contributed by atoms with van der Waals surface area (Å²) in [7, 11) is 0. The maximum atomic E-state index is 13.5. The Kier molecular flexibility index (Phi) is 4.32. The first-order chi connectivity index (χ1) is 12.7. The van der Waals surface area contributed by atoms with E-state index in [1.165, 1.54) is 28.6 Å². The molecule has 0 bridgehead atoms. The number of carbonyl (C=O) groups is 1. The molecular weight excluding hydrogens is 368 g/mol. The SMILES string of the molecule is O=C1OCC[C@@H]1Sc1nc2sc3c(c2c(=O)n1C1CCCC1)CCCC3. The first-order valence-electron chi connectivity index (χ1n) is 9.62. The van der Waals surface area contributed by atoms with Crippen molar-refractivity contribution in [1.82, 2.24) is 9.55 Å². The number of esters is 1. The smallest absolute Gasteiger partial charge is 0.319 e. The number of fused-ring (bicyclic) bond motifs is 3. The molecule has 2 aromatic heterocycles. The number of ether oxygens (including phenoxy) is 1. The number of hydrogen-bond donors (Lipinski definition) is 0. The van der Waals surface area contributed by atoms with Crippen molar-refractivity contribution in [3.63, 3.8) is 0 Å². The Morgan fingerprint density at radius 3 is 2.65 bits per heavy atom. The second-order valence-electron chi connectivity index (χ2n) is 7.46. The van der Waals surface area contributed by atoms with E-state index in [9.17, 15) is 9.59 Å². The zero-order valence-corrected chi connectivity index (χ0v) is 16.3. The van der Waals surface area contributed by atoms with Crippen LogP contribution in [0.4, 0.5) is 0 Å². The number of cyclic esters (lactones) is 1. The average Bonchev–Trinajstić information content (AvgIpc) is 3.35. The molecule has 3 heterocycles. The lowest BCUT2D eigenvalue weighted by Crippen LogP contribution is -2.27. The fraction of sp³-hybridized carbons (Fsp3) is 0.632. The van der Waals surface area contributed by atoms with Crippen LogP contribution in [0.1, 0.15) is 61.4 Å². The van der Waals surface area contributed by atoms with Crippen molar-refractivity contribution in [2.45, 2.75) is 74.2 Å². The third kappa shape index (κ3) is 2.71. The number of thiophene rings is 1. The van der Waals surface area contributed by atoms with Crippen LogP contribution in [0.15, 0.2) is 9.95 Å². The van der Waals surface area contributed by atoms with Crippen LogP contribution < -0.4 is 5.56 Å². The lowest BCUT2D eigenvalue weighted by molar-refractivity contribution is -0.137. The first kappa shape index (κ1) is 16.8. The lowest BCUT2D eigenvalue weighted by Gasteiger charge is -2.19. The molecule has 1 saturated carbocycles. The third-order valence-electron chi connectivity index (χ3n) is 5.81. The Labute approximate surface area is 160 Å². The van der Waals surface area contributed by atoms with E-state index in [1.807, 2.05) is 4.57 Å². The van der Waals surface area contributed by atoms with Gasteiger partial charge in [-0.15, -0.1) is 11.3 Å². The molecule has 3 aliphatic rings. The quantitative estimate of drug-likeness (QED) is 0.588. The van der Waals surface area contributed by atoms with E-state index in [1.54, 1.807) is 11.3 Å². The number of nitrogens with zero attached hydrogens (tertiary/aromatic N) is 2. The predicted octanol–water partition coefficient (Wildman–Crippen LogP) is 3.86. The van der Waals surface area contributed by atoms with Gasteiger partial charge in [-0.25, -0.2) is 4.98 Å². The van der Waals surface area contributed by atoms with Gasteiger partial charge in [0, 0.05) is 17.3 Å². The maximum absolute atomic E-state index is 13.5. The second kappa shape index (κ2) is 6.68. The normalized spacial score (nSPS) is 23.5. The van der Waals surface area contributed by atoms with Gasteiger partial charge in [0.15, 0.2) is 5.16 Å². The molecule has 7 heteroatoms. The van der Waals surface area contributed by atoms with Crippen molar-refractivity contribution < 1.29 is 9.53 Å². The zero-order chi connectivity index (χ0) is 17.7. The first-order valence-corrected chi connectivity index (χ1v) is 11.3. The highest BCUT2D eigenvalue weighted by Crippen LogP contribution is 2.39. The van der Waals surface area contributed by atoms with Gasteiger partial charge in [0.05, 0.1) is 12.0 Å². The van der Waals surface area contributed by atoms with E-state index in [-0.39, 0.29) is 22.8 Å². The van der Waals surface area contributed by atoms with Crippen molar-refractivity contribution in [2.24, 2.45) is 0 Å². The minimum absolute atomic E-state index is 0.121. The minimum Gasteiger partial charge on any atom is -0.465 e. The van der Waals surface area contributed by atoms with Gasteiger partial charge in [-0.3, -0.25) is 14.2 Å². The summed E-state index contributed by atoms with van der Waals surface area (Å²) in [6, 6.07) is 0.221. The molecule has 138 valence electrons. The Hall–Kier alpha value is -1.34. The van der Waals surface area contributed by atoms with Gasteiger partial charge in [-0.05, 0) is 44.1 Å². The number of hydrogen-bond acceptors (Lipinski definition) is 6. The highest BCUT2D eigenvalue weighted by atomic mass is 32.2. The zero-order valence-electron chi connectivity index (χ0n) is 14.7. The maximum Gasteiger partial charge on any atom is 0.319 e. The summed E-state index contributed by atoms with van der Waals surface area (Å²) in [5.41, 5.74) is 1.37. The summed E-state index contributed by atoms with van der Waals surface area (Å²) >= 11 is 3.12. The summed E-state index contributed by atoms with van der Waals surface area (Å²) in [5, 5.41) is 1.34. The number of aryl methyl sites for hydroxylation is 2. The summed E-state index contributed by atoms with van der Waals surface area (Å²) in [6.07, 6.45) is 9.50. The second-order valence-corrected chi connectivity index (χ2v) is 9.72. The van der Waals surface area contributed by atoms with Crippen LogP contribution >= 0.6 is 23.1 Å². The van der Waals surface area contributed by atoms with E-state index < -0.39 is 0 Å². The van der Waals surface area contributed by atoms with Crippen LogP contribution in [0.3, 0.4) is 0 Å². The van der Waals surface area contributed by atoms with E-state index in [0.29, 0.717) is 13.0 Å². The Morgan fingerprint density at radius 2 is 1.88 bits per heavy atom. The van der Waals surface area contributed by atoms with E-state index in [2.05, 4.69) is 0 Å². The van der Waals surface area contributed by atoms with Gasteiger partial charge in [-0.1, -0.05) is 24.6 Å². The highest BCUT2D eigenvalue weighted by Gasteiger charge is 2.32. The standard InChI is InChI=1S/C19H22N2O3S2/c22-17-15-12-7-3-4-8-13(12)25-16(15)20-19(21(17)11-5-1-2-6-11)26-14-9-10-24-18(14)23/h11,14H,1-10H2/t14-/m0/s1. The molecule has 0 radical (unpaired) electrons. The van der Waals surface area contributed by atoms with Crippen molar-refractivity contribution >= 4 is 39.3 Å². The monoisotopic (exact) mass is 390 g/mol. The molecule has 2 aliphatic carbocycles. The molecule has 26 heavy (non-hydrogen) atoms. The summed E-state index contributed by atoms with van der Waals surface area (Å²) in [6.45, 7) is 0.472. The number of rotatable bonds is 3. The van der Waals surface area contributed by atoms with Crippen LogP contribution in [0, 0.1) is 0 Å². The summed E-state index contributed by atoms with van der Waals surface area (Å²) in [4.78, 5) is 32.6. The van der Waals surface area contributed by atoms with E-state index in [0.717, 1.165) is 60.3 Å². The van der Waals surface area contributed by atoms with Crippen LogP contribution in [-0.4, -0.2) is 27.4 Å². The van der Waals surface area contributed by atoms with Crippen LogP contribution in [0.5, 0.6) is 0 Å².